The summed E-state index contributed by atoms with van der Waals surface area (Å²) in [6, 6.07) is 5.40. The minimum atomic E-state index is -0.0472. The van der Waals surface area contributed by atoms with E-state index < -0.39 is 0 Å². The largest absolute Gasteiger partial charge is 0.484 e. The van der Waals surface area contributed by atoms with Gasteiger partial charge in [-0.15, -0.1) is 0 Å². The van der Waals surface area contributed by atoms with Crippen LogP contribution in [0.3, 0.4) is 0 Å². The van der Waals surface area contributed by atoms with E-state index in [2.05, 4.69) is 0 Å². The zero-order valence-corrected chi connectivity index (χ0v) is 10.7. The van der Waals surface area contributed by atoms with E-state index in [1.54, 1.807) is 24.1 Å². The fraction of sp³-hybridized carbons (Fsp3) is 0.429. The first-order valence-electron chi connectivity index (χ1n) is 6.14. The number of hydrogen-bond donors (Lipinski definition) is 0. The van der Waals surface area contributed by atoms with Crippen LogP contribution < -0.4 is 4.74 Å². The summed E-state index contributed by atoms with van der Waals surface area (Å²) in [5.41, 5.74) is 1.81. The number of nitrogens with zero attached hydrogens (tertiary/aromatic N) is 1. The normalized spacial score (nSPS) is 13.3. The molecule has 0 unspecified atom stereocenters. The van der Waals surface area contributed by atoms with E-state index in [9.17, 15) is 9.59 Å². The van der Waals surface area contributed by atoms with Crippen molar-refractivity contribution in [1.29, 1.82) is 0 Å². The Labute approximate surface area is 107 Å². The molecule has 18 heavy (non-hydrogen) atoms. The molecule has 0 radical (unpaired) electrons. The second-order valence-electron chi connectivity index (χ2n) is 4.44. The molecule has 0 saturated heterocycles. The first-order chi connectivity index (χ1) is 8.61. The third kappa shape index (κ3) is 2.53. The number of aryl methyl sites for hydroxylation is 1. The number of Topliss-reactive ketones (excluding diaryl/α,β-unsaturated/α-hetero) is 1. The monoisotopic (exact) mass is 247 g/mol. The average Bonchev–Trinajstić information content (AvgIpc) is 2.76. The van der Waals surface area contributed by atoms with Gasteiger partial charge in [-0.1, -0.05) is 0 Å². The van der Waals surface area contributed by atoms with Crippen LogP contribution in [-0.4, -0.2) is 36.8 Å². The summed E-state index contributed by atoms with van der Waals surface area (Å²) in [7, 11) is 1.74. The van der Waals surface area contributed by atoms with Crippen molar-refractivity contribution in [3.8, 4) is 5.75 Å². The highest BCUT2D eigenvalue weighted by atomic mass is 16.5. The first-order valence-corrected chi connectivity index (χ1v) is 6.14. The van der Waals surface area contributed by atoms with E-state index in [1.807, 2.05) is 13.0 Å². The lowest BCUT2D eigenvalue weighted by atomic mass is 10.1. The van der Waals surface area contributed by atoms with Gasteiger partial charge in [-0.2, -0.15) is 0 Å². The molecule has 4 nitrogen and oxygen atoms in total. The average molecular weight is 247 g/mol. The van der Waals surface area contributed by atoms with Gasteiger partial charge in [0, 0.05) is 25.6 Å². The Balaban J connectivity index is 1.99. The molecule has 0 spiro atoms. The number of amides is 1. The summed E-state index contributed by atoms with van der Waals surface area (Å²) < 4.78 is 5.45. The van der Waals surface area contributed by atoms with Crippen LogP contribution in [0.1, 0.15) is 29.3 Å². The Morgan fingerprint density at radius 1 is 1.39 bits per heavy atom. The lowest BCUT2D eigenvalue weighted by Crippen LogP contribution is -2.31. The number of fused-ring (bicyclic) bond motifs is 1. The molecule has 0 bridgehead atoms. The number of carbonyl (C=O) groups excluding carboxylic acids is 2. The van der Waals surface area contributed by atoms with Gasteiger partial charge in [-0.3, -0.25) is 9.59 Å². The molecule has 1 aromatic rings. The van der Waals surface area contributed by atoms with E-state index in [-0.39, 0.29) is 18.3 Å². The second-order valence-corrected chi connectivity index (χ2v) is 4.44. The predicted octanol–water partition coefficient (Wildman–Crippen LogP) is 1.67. The number of likely N-dealkylation sites (N-methyl/N-ethyl adjacent to an activating group) is 1. The van der Waals surface area contributed by atoms with Gasteiger partial charge in [-0.25, -0.2) is 0 Å². The lowest BCUT2D eigenvalue weighted by molar-refractivity contribution is -0.131. The minimum absolute atomic E-state index is 0.0388. The third-order valence-electron chi connectivity index (χ3n) is 3.26. The van der Waals surface area contributed by atoms with Gasteiger partial charge in [0.05, 0.1) is 0 Å². The molecule has 0 heterocycles. The summed E-state index contributed by atoms with van der Waals surface area (Å²) in [5, 5.41) is 0. The van der Waals surface area contributed by atoms with Crippen LogP contribution in [0.25, 0.3) is 0 Å². The van der Waals surface area contributed by atoms with Crippen molar-refractivity contribution < 1.29 is 14.3 Å². The van der Waals surface area contributed by atoms with Gasteiger partial charge in [-0.05, 0) is 37.1 Å². The van der Waals surface area contributed by atoms with Crippen LogP contribution >= 0.6 is 0 Å². The SMILES string of the molecule is CCN(C)C(=O)COc1ccc2c(c1)CCC2=O. The van der Waals surface area contributed by atoms with E-state index >= 15 is 0 Å². The van der Waals surface area contributed by atoms with Gasteiger partial charge in [0.25, 0.3) is 5.91 Å². The zero-order valence-electron chi connectivity index (χ0n) is 10.7. The van der Waals surface area contributed by atoms with E-state index in [0.717, 1.165) is 17.5 Å². The molecule has 1 amide bonds. The first kappa shape index (κ1) is 12.6. The smallest absolute Gasteiger partial charge is 0.260 e. The molecule has 0 aliphatic heterocycles. The lowest BCUT2D eigenvalue weighted by Gasteiger charge is -2.15. The van der Waals surface area contributed by atoms with Crippen molar-refractivity contribution in [2.75, 3.05) is 20.2 Å². The summed E-state index contributed by atoms with van der Waals surface area (Å²) >= 11 is 0. The Morgan fingerprint density at radius 3 is 2.89 bits per heavy atom. The van der Waals surface area contributed by atoms with E-state index in [4.69, 9.17) is 4.74 Å². The predicted molar refractivity (Wildman–Crippen MR) is 67.9 cm³/mol. The van der Waals surface area contributed by atoms with Gasteiger partial charge in [0.15, 0.2) is 12.4 Å². The fourth-order valence-corrected chi connectivity index (χ4v) is 1.95. The highest BCUT2D eigenvalue weighted by molar-refractivity contribution is 6.00. The Hall–Kier alpha value is -1.84. The maximum atomic E-state index is 11.6. The van der Waals surface area contributed by atoms with Crippen LogP contribution in [0.4, 0.5) is 0 Å². The molecule has 0 saturated carbocycles. The van der Waals surface area contributed by atoms with Crippen LogP contribution in [-0.2, 0) is 11.2 Å². The standard InChI is InChI=1S/C14H17NO3/c1-3-15(2)14(17)9-18-11-5-6-12-10(8-11)4-7-13(12)16/h5-6,8H,3-4,7,9H2,1-2H3. The van der Waals surface area contributed by atoms with Crippen molar-refractivity contribution in [1.82, 2.24) is 4.90 Å². The quantitative estimate of drug-likeness (QED) is 0.813. The van der Waals surface area contributed by atoms with Crippen LogP contribution in [0.15, 0.2) is 18.2 Å². The molecule has 0 aromatic heterocycles. The number of carbonyl (C=O) groups is 2. The minimum Gasteiger partial charge on any atom is -0.484 e. The van der Waals surface area contributed by atoms with Crippen molar-refractivity contribution in [2.45, 2.75) is 19.8 Å². The second kappa shape index (κ2) is 5.21. The summed E-state index contributed by atoms with van der Waals surface area (Å²) in [4.78, 5) is 24.7. The van der Waals surface area contributed by atoms with Crippen molar-refractivity contribution >= 4 is 11.7 Å². The molecule has 0 atom stereocenters. The molecule has 4 heteroatoms. The van der Waals surface area contributed by atoms with Crippen molar-refractivity contribution in [3.05, 3.63) is 29.3 Å². The molecular formula is C14H17NO3. The maximum absolute atomic E-state index is 11.6. The van der Waals surface area contributed by atoms with Crippen LogP contribution in [0.2, 0.25) is 0 Å². The highest BCUT2D eigenvalue weighted by Crippen LogP contribution is 2.26. The third-order valence-corrected chi connectivity index (χ3v) is 3.26. The fourth-order valence-electron chi connectivity index (χ4n) is 1.95. The Kier molecular flexibility index (Phi) is 3.65. The Bertz CT molecular complexity index is 482. The summed E-state index contributed by atoms with van der Waals surface area (Å²) in [6.07, 6.45) is 1.35. The molecular weight excluding hydrogens is 230 g/mol. The number of ether oxygens (including phenoxy) is 1. The topological polar surface area (TPSA) is 46.6 Å². The number of hydrogen-bond acceptors (Lipinski definition) is 3. The molecule has 1 aliphatic rings. The molecule has 1 aliphatic carbocycles. The number of benzene rings is 1. The molecule has 96 valence electrons. The van der Waals surface area contributed by atoms with Gasteiger partial charge in [0.1, 0.15) is 5.75 Å². The van der Waals surface area contributed by atoms with Gasteiger partial charge in [0.2, 0.25) is 0 Å². The summed E-state index contributed by atoms with van der Waals surface area (Å²) in [5.74, 6) is 0.800. The molecule has 2 rings (SSSR count). The number of ketones is 1. The maximum Gasteiger partial charge on any atom is 0.260 e. The van der Waals surface area contributed by atoms with Crippen molar-refractivity contribution in [2.24, 2.45) is 0 Å². The van der Waals surface area contributed by atoms with Gasteiger partial charge < -0.3 is 9.64 Å². The molecule has 0 N–H and O–H groups in total. The van der Waals surface area contributed by atoms with Crippen molar-refractivity contribution in [3.63, 3.8) is 0 Å². The highest BCUT2D eigenvalue weighted by Gasteiger charge is 2.19. The van der Waals surface area contributed by atoms with E-state index in [1.165, 1.54) is 0 Å². The van der Waals surface area contributed by atoms with Gasteiger partial charge >= 0.3 is 0 Å². The zero-order chi connectivity index (χ0) is 13.1. The molecule has 1 aromatic carbocycles. The van der Waals surface area contributed by atoms with Crippen LogP contribution in [0.5, 0.6) is 5.75 Å². The number of rotatable bonds is 4. The summed E-state index contributed by atoms with van der Waals surface area (Å²) in [6.45, 7) is 2.62. The molecule has 0 fully saturated rings. The van der Waals surface area contributed by atoms with Crippen LogP contribution in [0, 0.1) is 0 Å². The van der Waals surface area contributed by atoms with E-state index in [0.29, 0.717) is 18.7 Å². The Morgan fingerprint density at radius 2 is 2.17 bits per heavy atom.